The molecule has 0 N–H and O–H groups in total. The lowest BCUT2D eigenvalue weighted by Gasteiger charge is -2.32. The van der Waals surface area contributed by atoms with Crippen molar-refractivity contribution in [3.63, 3.8) is 0 Å². The van der Waals surface area contributed by atoms with Crippen LogP contribution in [0.15, 0.2) is 24.3 Å². The Morgan fingerprint density at radius 2 is 1.95 bits per heavy atom. The maximum absolute atomic E-state index is 9.25. The molecule has 0 saturated heterocycles. The molecular weight excluding hydrogens is 234 g/mol. The van der Waals surface area contributed by atoms with Crippen molar-refractivity contribution in [2.45, 2.75) is 52.1 Å². The van der Waals surface area contributed by atoms with Crippen molar-refractivity contribution in [1.82, 2.24) is 0 Å². The molecule has 0 bridgehead atoms. The van der Waals surface area contributed by atoms with Gasteiger partial charge in [-0.1, -0.05) is 32.4 Å². The third-order valence-electron chi connectivity index (χ3n) is 4.26. The minimum Gasteiger partial charge on any atom is -0.489 e. The topological polar surface area (TPSA) is 33.0 Å². The standard InChI is InChI=1S/C17H23NO/c1-3-13-6-9-16(10-7-13)19-17-11-14(4-2)5-8-15(17)12-18/h6-7,9-10,14-15,17H,3-5,8,11H2,1-2H3. The molecule has 2 nitrogen and oxygen atoms in total. The van der Waals surface area contributed by atoms with Gasteiger partial charge in [-0.2, -0.15) is 5.26 Å². The van der Waals surface area contributed by atoms with E-state index in [0.717, 1.165) is 25.0 Å². The molecule has 102 valence electrons. The van der Waals surface area contributed by atoms with E-state index in [9.17, 15) is 5.26 Å². The van der Waals surface area contributed by atoms with Crippen LogP contribution in [0.1, 0.15) is 45.1 Å². The molecule has 2 rings (SSSR count). The van der Waals surface area contributed by atoms with Gasteiger partial charge in [0.15, 0.2) is 0 Å². The van der Waals surface area contributed by atoms with Crippen molar-refractivity contribution in [3.8, 4) is 11.8 Å². The number of hydrogen-bond donors (Lipinski definition) is 0. The van der Waals surface area contributed by atoms with E-state index in [4.69, 9.17) is 4.74 Å². The van der Waals surface area contributed by atoms with Gasteiger partial charge in [0.25, 0.3) is 0 Å². The molecule has 0 radical (unpaired) electrons. The monoisotopic (exact) mass is 257 g/mol. The number of nitrogens with zero attached hydrogens (tertiary/aromatic N) is 1. The average molecular weight is 257 g/mol. The fourth-order valence-electron chi connectivity index (χ4n) is 2.84. The molecule has 0 aliphatic heterocycles. The Bertz CT molecular complexity index is 432. The van der Waals surface area contributed by atoms with E-state index in [1.165, 1.54) is 18.4 Å². The zero-order valence-electron chi connectivity index (χ0n) is 11.9. The summed E-state index contributed by atoms with van der Waals surface area (Å²) < 4.78 is 6.07. The van der Waals surface area contributed by atoms with Gasteiger partial charge in [0, 0.05) is 0 Å². The SMILES string of the molecule is CCc1ccc(OC2CC(CC)CCC2C#N)cc1. The van der Waals surface area contributed by atoms with Crippen LogP contribution in [0, 0.1) is 23.2 Å². The van der Waals surface area contributed by atoms with Gasteiger partial charge >= 0.3 is 0 Å². The number of aryl methyl sites for hydroxylation is 1. The van der Waals surface area contributed by atoms with Crippen LogP contribution in [0.25, 0.3) is 0 Å². The average Bonchev–Trinajstić information content (AvgIpc) is 2.48. The Balaban J connectivity index is 2.03. The van der Waals surface area contributed by atoms with E-state index in [2.05, 4.69) is 32.0 Å². The third kappa shape index (κ3) is 3.50. The Hall–Kier alpha value is -1.49. The molecule has 1 aliphatic rings. The van der Waals surface area contributed by atoms with Crippen molar-refractivity contribution in [3.05, 3.63) is 29.8 Å². The summed E-state index contributed by atoms with van der Waals surface area (Å²) in [6, 6.07) is 10.7. The van der Waals surface area contributed by atoms with Gasteiger partial charge in [0.1, 0.15) is 11.9 Å². The highest BCUT2D eigenvalue weighted by molar-refractivity contribution is 5.27. The minimum atomic E-state index is 0.0497. The predicted molar refractivity (Wildman–Crippen MR) is 77.0 cm³/mol. The molecule has 19 heavy (non-hydrogen) atoms. The molecule has 1 aromatic carbocycles. The third-order valence-corrected chi connectivity index (χ3v) is 4.26. The highest BCUT2D eigenvalue weighted by Crippen LogP contribution is 2.33. The van der Waals surface area contributed by atoms with Crippen molar-refractivity contribution >= 4 is 0 Å². The Kier molecular flexibility index (Phi) is 4.85. The first kappa shape index (κ1) is 13.9. The lowest BCUT2D eigenvalue weighted by atomic mass is 9.79. The first-order chi connectivity index (χ1) is 9.26. The molecule has 3 unspecified atom stereocenters. The Morgan fingerprint density at radius 1 is 1.21 bits per heavy atom. The normalized spacial score (nSPS) is 26.7. The highest BCUT2D eigenvalue weighted by Gasteiger charge is 2.31. The van der Waals surface area contributed by atoms with Crippen molar-refractivity contribution in [2.75, 3.05) is 0 Å². The number of benzene rings is 1. The second kappa shape index (κ2) is 6.61. The molecule has 1 saturated carbocycles. The van der Waals surface area contributed by atoms with Gasteiger partial charge in [-0.15, -0.1) is 0 Å². The summed E-state index contributed by atoms with van der Waals surface area (Å²) in [5.74, 6) is 1.66. The summed E-state index contributed by atoms with van der Waals surface area (Å²) in [5.41, 5.74) is 1.32. The second-order valence-electron chi connectivity index (χ2n) is 5.48. The highest BCUT2D eigenvalue weighted by atomic mass is 16.5. The first-order valence-corrected chi connectivity index (χ1v) is 7.42. The van der Waals surface area contributed by atoms with Crippen LogP contribution in [0.5, 0.6) is 5.75 Å². The smallest absolute Gasteiger partial charge is 0.119 e. The molecule has 1 aromatic rings. The van der Waals surface area contributed by atoms with E-state index in [-0.39, 0.29) is 12.0 Å². The summed E-state index contributed by atoms with van der Waals surface area (Å²) >= 11 is 0. The number of ether oxygens (including phenoxy) is 1. The quantitative estimate of drug-likeness (QED) is 0.803. The van der Waals surface area contributed by atoms with Crippen molar-refractivity contribution < 1.29 is 4.74 Å². The van der Waals surface area contributed by atoms with Crippen LogP contribution >= 0.6 is 0 Å². The van der Waals surface area contributed by atoms with Gasteiger partial charge in [-0.25, -0.2) is 0 Å². The lowest BCUT2D eigenvalue weighted by molar-refractivity contribution is 0.0892. The summed E-state index contributed by atoms with van der Waals surface area (Å²) in [6.45, 7) is 4.37. The molecule has 0 amide bonds. The van der Waals surface area contributed by atoms with E-state index < -0.39 is 0 Å². The van der Waals surface area contributed by atoms with E-state index >= 15 is 0 Å². The van der Waals surface area contributed by atoms with Crippen LogP contribution in [-0.4, -0.2) is 6.10 Å². The zero-order chi connectivity index (χ0) is 13.7. The maximum Gasteiger partial charge on any atom is 0.119 e. The fourth-order valence-corrected chi connectivity index (χ4v) is 2.84. The summed E-state index contributed by atoms with van der Waals surface area (Å²) in [5, 5.41) is 9.25. The number of hydrogen-bond acceptors (Lipinski definition) is 2. The molecule has 0 aromatic heterocycles. The minimum absolute atomic E-state index is 0.0497. The largest absolute Gasteiger partial charge is 0.489 e. The number of rotatable bonds is 4. The predicted octanol–water partition coefficient (Wildman–Crippen LogP) is 4.35. The Morgan fingerprint density at radius 3 is 2.53 bits per heavy atom. The lowest BCUT2D eigenvalue weighted by Crippen LogP contribution is -2.33. The number of nitriles is 1. The van der Waals surface area contributed by atoms with Crippen LogP contribution in [0.2, 0.25) is 0 Å². The second-order valence-corrected chi connectivity index (χ2v) is 5.48. The van der Waals surface area contributed by atoms with Gasteiger partial charge in [-0.05, 0) is 49.3 Å². The molecule has 0 heterocycles. The van der Waals surface area contributed by atoms with Crippen LogP contribution in [0.4, 0.5) is 0 Å². The molecule has 2 heteroatoms. The van der Waals surface area contributed by atoms with E-state index in [1.54, 1.807) is 0 Å². The van der Waals surface area contributed by atoms with E-state index in [0.29, 0.717) is 5.92 Å². The van der Waals surface area contributed by atoms with E-state index in [1.807, 2.05) is 12.1 Å². The summed E-state index contributed by atoms with van der Waals surface area (Å²) in [4.78, 5) is 0. The molecule has 0 spiro atoms. The summed E-state index contributed by atoms with van der Waals surface area (Å²) in [6.07, 6.45) is 5.46. The summed E-state index contributed by atoms with van der Waals surface area (Å²) in [7, 11) is 0. The zero-order valence-corrected chi connectivity index (χ0v) is 11.9. The Labute approximate surface area is 116 Å². The van der Waals surface area contributed by atoms with Gasteiger partial charge < -0.3 is 4.74 Å². The van der Waals surface area contributed by atoms with Gasteiger partial charge in [0.05, 0.1) is 12.0 Å². The fraction of sp³-hybridized carbons (Fsp3) is 0.588. The van der Waals surface area contributed by atoms with Crippen LogP contribution < -0.4 is 4.74 Å². The van der Waals surface area contributed by atoms with Crippen LogP contribution in [-0.2, 0) is 6.42 Å². The van der Waals surface area contributed by atoms with Crippen molar-refractivity contribution in [1.29, 1.82) is 5.26 Å². The van der Waals surface area contributed by atoms with Crippen LogP contribution in [0.3, 0.4) is 0 Å². The van der Waals surface area contributed by atoms with Gasteiger partial charge in [-0.3, -0.25) is 0 Å². The maximum atomic E-state index is 9.25. The molecule has 3 atom stereocenters. The molecular formula is C17H23NO. The first-order valence-electron chi connectivity index (χ1n) is 7.42. The molecule has 1 fully saturated rings. The van der Waals surface area contributed by atoms with Gasteiger partial charge in [0.2, 0.25) is 0 Å². The van der Waals surface area contributed by atoms with Crippen molar-refractivity contribution in [2.24, 2.45) is 11.8 Å². The molecule has 1 aliphatic carbocycles.